The maximum absolute atomic E-state index is 12.1. The molecule has 0 bridgehead atoms. The minimum Gasteiger partial charge on any atom is -0.677 e. The van der Waals surface area contributed by atoms with Gasteiger partial charge in [0, 0.05) is 75.2 Å². The molecule has 58 heavy (non-hydrogen) atoms. The molecule has 3 aromatic carbocycles. The van der Waals surface area contributed by atoms with Gasteiger partial charge in [-0.3, -0.25) is 14.2 Å². The Balaban J connectivity index is 0.000000340. The third-order valence-corrected chi connectivity index (χ3v) is 9.81. The van der Waals surface area contributed by atoms with Crippen molar-refractivity contribution in [3.63, 3.8) is 0 Å². The molecule has 1 amide bonds. The van der Waals surface area contributed by atoms with E-state index in [0.717, 1.165) is 102 Å². The standard InChI is InChI=1S/C29H41N4O3.C15H13NO2.C3H8.W/c1-22-19-33(2)28-17-27(14-13-25(28)16-26(20-34)32-22)36-21-24-11-9-23(10-12-24)18-31-29(35)8-6-4-3-5-7-15-30;1-2-15(18)16-13-6-4-3-5-11(13)12-9-10(17)7-8-14(12)16;1-3-2;/h9-14,17,26,30,32,34H,1,3-8,15-16,18-21H2,2H3,(H,31,35);2-3,5,7-9,17H,1,4,6H2;3H2,1-2H3;/q-1;;;. The number of anilines is 1. The SMILES string of the molecule is C=C1CN(C)c2cc(OCc3ccc(CNC(=O)CCCCCCC[NH-])cc3)ccc2CC(CO)N1.C=CC(=O)n1c2c(c3cc(O)ccc31)C=CCC2.CCC.[W]. The first-order valence-corrected chi connectivity index (χ1v) is 20.3. The molecular formula is C47H62N5O5W-. The van der Waals surface area contributed by atoms with Crippen molar-refractivity contribution in [1.29, 1.82) is 0 Å². The first-order valence-electron chi connectivity index (χ1n) is 20.3. The van der Waals surface area contributed by atoms with E-state index in [1.54, 1.807) is 22.8 Å². The van der Waals surface area contributed by atoms with Gasteiger partial charge >= 0.3 is 0 Å². The van der Waals surface area contributed by atoms with Crippen molar-refractivity contribution < 1.29 is 45.6 Å². The number of aliphatic hydroxyl groups is 1. The van der Waals surface area contributed by atoms with Crippen LogP contribution in [-0.4, -0.2) is 59.4 Å². The number of ether oxygens (including phenoxy) is 1. The van der Waals surface area contributed by atoms with Crippen LogP contribution < -0.4 is 20.3 Å². The van der Waals surface area contributed by atoms with Crippen molar-refractivity contribution in [2.75, 3.05) is 31.6 Å². The second kappa shape index (κ2) is 25.0. The number of carbonyl (C=O) groups is 2. The summed E-state index contributed by atoms with van der Waals surface area (Å²) in [4.78, 5) is 26.2. The Kier molecular flexibility index (Phi) is 20.6. The van der Waals surface area contributed by atoms with Crippen LogP contribution in [0.1, 0.15) is 98.0 Å². The number of unbranched alkanes of at least 4 members (excludes halogenated alkanes) is 4. The number of aromatic hydroxyl groups is 1. The van der Waals surface area contributed by atoms with E-state index in [0.29, 0.717) is 32.7 Å². The zero-order chi connectivity index (χ0) is 41.2. The molecule has 0 fully saturated rings. The van der Waals surface area contributed by atoms with Crippen LogP contribution in [0.25, 0.3) is 22.7 Å². The maximum atomic E-state index is 12.1. The van der Waals surface area contributed by atoms with Gasteiger partial charge in [-0.15, -0.1) is 0 Å². The van der Waals surface area contributed by atoms with Crippen LogP contribution in [0.5, 0.6) is 11.5 Å². The van der Waals surface area contributed by atoms with E-state index in [9.17, 15) is 19.8 Å². The predicted molar refractivity (Wildman–Crippen MR) is 234 cm³/mol. The van der Waals surface area contributed by atoms with Crippen molar-refractivity contribution in [3.8, 4) is 11.5 Å². The summed E-state index contributed by atoms with van der Waals surface area (Å²) in [5, 5.41) is 26.5. The zero-order valence-electron chi connectivity index (χ0n) is 34.5. The first-order chi connectivity index (χ1) is 27.6. The average molecular weight is 961 g/mol. The Morgan fingerprint density at radius 3 is 2.43 bits per heavy atom. The number of hydrogen-bond donors (Lipinski definition) is 4. The second-order valence-electron chi connectivity index (χ2n) is 14.7. The number of phenols is 1. The topological polar surface area (TPSA) is 140 Å². The minimum atomic E-state index is -0.123. The number of amides is 1. The number of hydrogen-bond acceptors (Lipinski definition) is 7. The fourth-order valence-electron chi connectivity index (χ4n) is 7.00. The van der Waals surface area contributed by atoms with Crippen molar-refractivity contribution in [1.82, 2.24) is 15.2 Å². The number of aliphatic hydroxyl groups excluding tert-OH is 1. The van der Waals surface area contributed by atoms with E-state index >= 15 is 0 Å². The Morgan fingerprint density at radius 2 is 1.72 bits per heavy atom. The number of aromatic nitrogens is 1. The maximum Gasteiger partial charge on any atom is 0.254 e. The third-order valence-electron chi connectivity index (χ3n) is 9.81. The van der Waals surface area contributed by atoms with Crippen LogP contribution in [0.3, 0.4) is 0 Å². The van der Waals surface area contributed by atoms with Gasteiger partial charge in [-0.2, -0.15) is 6.54 Å². The molecule has 1 atom stereocenters. The summed E-state index contributed by atoms with van der Waals surface area (Å²) in [6.45, 7) is 14.1. The molecule has 2 heterocycles. The Hall–Kier alpha value is -4.63. The molecule has 0 saturated heterocycles. The number of carbonyl (C=O) groups excluding carboxylic acids is 2. The predicted octanol–water partition coefficient (Wildman–Crippen LogP) is 9.28. The summed E-state index contributed by atoms with van der Waals surface area (Å²) in [5.41, 5.74) is 15.3. The zero-order valence-corrected chi connectivity index (χ0v) is 37.5. The van der Waals surface area contributed by atoms with Gasteiger partial charge in [0.1, 0.15) is 18.1 Å². The van der Waals surface area contributed by atoms with Gasteiger partial charge in [-0.05, 0) is 72.7 Å². The van der Waals surface area contributed by atoms with Gasteiger partial charge < -0.3 is 36.2 Å². The summed E-state index contributed by atoms with van der Waals surface area (Å²) < 4.78 is 7.78. The van der Waals surface area contributed by atoms with Crippen molar-refractivity contribution >= 4 is 34.5 Å². The van der Waals surface area contributed by atoms with Gasteiger partial charge in [-0.25, -0.2) is 0 Å². The molecule has 5 N–H and O–H groups in total. The normalized spacial score (nSPS) is 14.1. The monoisotopic (exact) mass is 960 g/mol. The first kappa shape index (κ1) is 47.7. The smallest absolute Gasteiger partial charge is 0.254 e. The summed E-state index contributed by atoms with van der Waals surface area (Å²) in [6, 6.07) is 19.3. The van der Waals surface area contributed by atoms with E-state index in [1.807, 2.05) is 43.5 Å². The summed E-state index contributed by atoms with van der Waals surface area (Å²) in [7, 11) is 2.04. The number of nitrogens with zero attached hydrogens (tertiary/aromatic N) is 2. The van der Waals surface area contributed by atoms with Crippen LogP contribution in [0.2, 0.25) is 0 Å². The van der Waals surface area contributed by atoms with Crippen LogP contribution in [0, 0.1) is 0 Å². The number of phenolic OH excluding ortho intramolecular Hbond substituents is 1. The average Bonchev–Trinajstić information content (AvgIpc) is 3.54. The molecule has 0 radical (unpaired) electrons. The fraction of sp³-hybridized carbons (Fsp3) is 0.404. The molecule has 1 aliphatic heterocycles. The van der Waals surface area contributed by atoms with E-state index in [4.69, 9.17) is 10.5 Å². The molecule has 4 aromatic rings. The minimum absolute atomic E-state index is 0. The van der Waals surface area contributed by atoms with Gasteiger partial charge in [-0.1, -0.05) is 102 Å². The van der Waals surface area contributed by atoms with Crippen molar-refractivity contribution in [2.24, 2.45) is 0 Å². The summed E-state index contributed by atoms with van der Waals surface area (Å²) >= 11 is 0. The van der Waals surface area contributed by atoms with E-state index in [1.165, 1.54) is 18.1 Å². The summed E-state index contributed by atoms with van der Waals surface area (Å²) in [5.74, 6) is 0.988. The van der Waals surface area contributed by atoms with Crippen LogP contribution >= 0.6 is 0 Å². The molecule has 1 aliphatic carbocycles. The number of benzene rings is 3. The fourth-order valence-corrected chi connectivity index (χ4v) is 7.00. The van der Waals surface area contributed by atoms with E-state index in [2.05, 4.69) is 60.7 Å². The van der Waals surface area contributed by atoms with Crippen molar-refractivity contribution in [2.45, 2.75) is 97.2 Å². The van der Waals surface area contributed by atoms with Crippen LogP contribution in [0.4, 0.5) is 5.69 Å². The van der Waals surface area contributed by atoms with Crippen LogP contribution in [0.15, 0.2) is 91.7 Å². The Morgan fingerprint density at radius 1 is 1.02 bits per heavy atom. The number of fused-ring (bicyclic) bond motifs is 4. The molecule has 0 spiro atoms. The number of allylic oxidation sites excluding steroid dienone is 2. The molecule has 10 nitrogen and oxygen atoms in total. The van der Waals surface area contributed by atoms with Gasteiger partial charge in [0.2, 0.25) is 5.91 Å². The second-order valence-corrected chi connectivity index (χ2v) is 14.7. The molecule has 11 heteroatoms. The molecule has 1 unspecified atom stereocenters. The van der Waals surface area contributed by atoms with Gasteiger partial charge in [0.25, 0.3) is 5.91 Å². The van der Waals surface area contributed by atoms with Crippen LogP contribution in [-0.2, 0) is 51.9 Å². The Bertz CT molecular complexity index is 1970. The molecular weight excluding hydrogens is 898 g/mol. The van der Waals surface area contributed by atoms with Gasteiger partial charge in [0.15, 0.2) is 0 Å². The summed E-state index contributed by atoms with van der Waals surface area (Å²) in [6.07, 6.45) is 14.9. The molecule has 312 valence electrons. The van der Waals surface area contributed by atoms with Gasteiger partial charge in [0.05, 0.1) is 24.7 Å². The number of rotatable bonds is 14. The number of likely N-dealkylation sites (N-methyl/N-ethyl adjacent to an activating group) is 1. The van der Waals surface area contributed by atoms with E-state index in [-0.39, 0.29) is 51.3 Å². The largest absolute Gasteiger partial charge is 0.677 e. The molecule has 6 rings (SSSR count). The molecule has 2 aliphatic rings. The molecule has 1 aromatic heterocycles. The van der Waals surface area contributed by atoms with E-state index < -0.39 is 0 Å². The van der Waals surface area contributed by atoms with Crippen molar-refractivity contribution in [3.05, 3.63) is 125 Å². The quantitative estimate of drug-likeness (QED) is 0.0730. The molecule has 0 saturated carbocycles. The number of nitrogens with one attached hydrogen (secondary N) is 3. The Labute approximate surface area is 359 Å². The third kappa shape index (κ3) is 14.0.